The van der Waals surface area contributed by atoms with Crippen LogP contribution in [-0.4, -0.2) is 64.7 Å². The average molecular weight is 540 g/mol. The van der Waals surface area contributed by atoms with Crippen LogP contribution >= 0.6 is 0 Å². The normalized spacial score (nSPS) is 13.1. The Morgan fingerprint density at radius 2 is 1.66 bits per heavy atom. The van der Waals surface area contributed by atoms with Gasteiger partial charge in [0.15, 0.2) is 5.82 Å². The number of hydrogen-bond donors (Lipinski definition) is 1. The second-order valence-corrected chi connectivity index (χ2v) is 10.6. The molecule has 12 nitrogen and oxygen atoms in total. The molecule has 0 saturated heterocycles. The van der Waals surface area contributed by atoms with Gasteiger partial charge in [-0.3, -0.25) is 24.2 Å². The fourth-order valence-corrected chi connectivity index (χ4v) is 5.11. The van der Waals surface area contributed by atoms with Gasteiger partial charge in [0.1, 0.15) is 28.5 Å². The highest BCUT2D eigenvalue weighted by Gasteiger charge is 2.34. The Hall–Kier alpha value is -4.10. The second-order valence-electron chi connectivity index (χ2n) is 8.54. The summed E-state index contributed by atoms with van der Waals surface area (Å²) in [5, 5.41) is 7.44. The minimum absolute atomic E-state index is 0.0685. The molecule has 0 bridgehead atoms. The van der Waals surface area contributed by atoms with Crippen LogP contribution in [0, 0.1) is 13.8 Å². The van der Waals surface area contributed by atoms with E-state index in [0.717, 1.165) is 5.56 Å². The SMILES string of the molecule is COc1cccc(OC)c1-n1c(NS(=O)(=O)C(C)C(OC)c2cnc(C)cn2)nnc1-c1cncc(C)c1. The molecule has 2 atom stereocenters. The number of nitrogens with one attached hydrogen (secondary N) is 1. The van der Waals surface area contributed by atoms with E-state index in [9.17, 15) is 8.42 Å². The van der Waals surface area contributed by atoms with Crippen molar-refractivity contribution in [1.82, 2.24) is 29.7 Å². The van der Waals surface area contributed by atoms with Gasteiger partial charge in [-0.2, -0.15) is 0 Å². The number of ether oxygens (including phenoxy) is 3. The van der Waals surface area contributed by atoms with E-state index in [1.807, 2.05) is 13.0 Å². The highest BCUT2D eigenvalue weighted by atomic mass is 32.2. The highest BCUT2D eigenvalue weighted by Crippen LogP contribution is 2.38. The lowest BCUT2D eigenvalue weighted by molar-refractivity contribution is 0.0985. The number of para-hydroxylation sites is 1. The molecule has 2 unspecified atom stereocenters. The number of methoxy groups -OCH3 is 3. The molecule has 200 valence electrons. The smallest absolute Gasteiger partial charge is 0.243 e. The summed E-state index contributed by atoms with van der Waals surface area (Å²) in [7, 11) is 0.343. The molecule has 0 aliphatic rings. The van der Waals surface area contributed by atoms with Crippen molar-refractivity contribution in [2.45, 2.75) is 32.1 Å². The van der Waals surface area contributed by atoms with Crippen LogP contribution in [0.5, 0.6) is 11.5 Å². The van der Waals surface area contributed by atoms with Crippen LogP contribution in [0.4, 0.5) is 5.95 Å². The van der Waals surface area contributed by atoms with Gasteiger partial charge in [-0.1, -0.05) is 6.07 Å². The van der Waals surface area contributed by atoms with Gasteiger partial charge in [-0.25, -0.2) is 8.42 Å². The third-order valence-electron chi connectivity index (χ3n) is 5.92. The number of pyridine rings is 1. The summed E-state index contributed by atoms with van der Waals surface area (Å²) in [5.41, 5.74) is 3.01. The summed E-state index contributed by atoms with van der Waals surface area (Å²) in [4.78, 5) is 12.8. The molecular formula is C25H29N7O5S. The Morgan fingerprint density at radius 1 is 0.947 bits per heavy atom. The summed E-state index contributed by atoms with van der Waals surface area (Å²) in [6, 6.07) is 7.09. The molecule has 0 radical (unpaired) electrons. The molecule has 1 N–H and O–H groups in total. The molecule has 13 heteroatoms. The van der Waals surface area contributed by atoms with E-state index >= 15 is 0 Å². The fourth-order valence-electron chi connectivity index (χ4n) is 3.96. The Labute approximate surface area is 221 Å². The molecule has 0 aliphatic carbocycles. The van der Waals surface area contributed by atoms with Crippen LogP contribution in [0.1, 0.15) is 30.0 Å². The van der Waals surface area contributed by atoms with Crippen molar-refractivity contribution in [3.8, 4) is 28.6 Å². The van der Waals surface area contributed by atoms with Crippen LogP contribution in [0.15, 0.2) is 49.1 Å². The van der Waals surface area contributed by atoms with Crippen molar-refractivity contribution in [2.75, 3.05) is 26.1 Å². The van der Waals surface area contributed by atoms with E-state index in [1.54, 1.807) is 43.7 Å². The minimum Gasteiger partial charge on any atom is -0.494 e. The summed E-state index contributed by atoms with van der Waals surface area (Å²) in [6.07, 6.45) is 5.49. The number of benzene rings is 1. The first-order valence-corrected chi connectivity index (χ1v) is 13.2. The zero-order chi connectivity index (χ0) is 27.4. The first-order chi connectivity index (χ1) is 18.2. The van der Waals surface area contributed by atoms with Gasteiger partial charge < -0.3 is 14.2 Å². The van der Waals surface area contributed by atoms with Gasteiger partial charge in [0, 0.05) is 31.3 Å². The molecule has 0 fully saturated rings. The maximum Gasteiger partial charge on any atom is 0.243 e. The van der Waals surface area contributed by atoms with Crippen LogP contribution in [0.2, 0.25) is 0 Å². The number of aromatic nitrogens is 6. The maximum atomic E-state index is 13.6. The van der Waals surface area contributed by atoms with Crippen molar-refractivity contribution < 1.29 is 22.6 Å². The van der Waals surface area contributed by atoms with E-state index in [2.05, 4.69) is 29.9 Å². The Kier molecular flexibility index (Phi) is 7.88. The van der Waals surface area contributed by atoms with Gasteiger partial charge in [0.2, 0.25) is 16.0 Å². The predicted molar refractivity (Wildman–Crippen MR) is 141 cm³/mol. The largest absolute Gasteiger partial charge is 0.494 e. The second kappa shape index (κ2) is 11.1. The third-order valence-corrected chi connectivity index (χ3v) is 7.61. The average Bonchev–Trinajstić information content (AvgIpc) is 3.31. The first-order valence-electron chi connectivity index (χ1n) is 11.6. The predicted octanol–water partition coefficient (Wildman–Crippen LogP) is 3.27. The highest BCUT2D eigenvalue weighted by molar-refractivity contribution is 7.93. The van der Waals surface area contributed by atoms with Gasteiger partial charge in [0.05, 0.1) is 31.8 Å². The molecule has 3 heterocycles. The zero-order valence-electron chi connectivity index (χ0n) is 21.9. The monoisotopic (exact) mass is 539 g/mol. The van der Waals surface area contributed by atoms with Crippen molar-refractivity contribution in [3.63, 3.8) is 0 Å². The van der Waals surface area contributed by atoms with E-state index in [1.165, 1.54) is 39.0 Å². The van der Waals surface area contributed by atoms with Gasteiger partial charge in [-0.15, -0.1) is 10.2 Å². The maximum absolute atomic E-state index is 13.6. The zero-order valence-corrected chi connectivity index (χ0v) is 22.7. The summed E-state index contributed by atoms with van der Waals surface area (Å²) >= 11 is 0. The molecule has 1 aromatic carbocycles. The molecule has 4 rings (SSSR count). The van der Waals surface area contributed by atoms with Gasteiger partial charge >= 0.3 is 0 Å². The van der Waals surface area contributed by atoms with Crippen LogP contribution < -0.4 is 14.2 Å². The number of aryl methyl sites for hydroxylation is 2. The molecule has 3 aromatic heterocycles. The lowest BCUT2D eigenvalue weighted by atomic mass is 10.2. The standard InChI is InChI=1S/C25H29N7O5S/c1-15-10-18(13-26-11-15)24-29-30-25(32(24)22-20(35-4)8-7-9-21(22)36-5)31-38(33,34)17(3)23(37-6)19-14-27-16(2)12-28-19/h7-14,17,23H,1-6H3,(H,30,31). The lowest BCUT2D eigenvalue weighted by Gasteiger charge is -2.23. The fraction of sp³-hybridized carbons (Fsp3) is 0.320. The quantitative estimate of drug-likeness (QED) is 0.319. The number of sulfonamides is 1. The van der Waals surface area contributed by atoms with E-state index < -0.39 is 21.4 Å². The van der Waals surface area contributed by atoms with Crippen molar-refractivity contribution in [3.05, 3.63) is 66.0 Å². The Bertz CT molecular complexity index is 1500. The number of rotatable bonds is 10. The molecular weight excluding hydrogens is 510 g/mol. The van der Waals surface area contributed by atoms with Crippen molar-refractivity contribution >= 4 is 16.0 Å². The van der Waals surface area contributed by atoms with E-state index in [0.29, 0.717) is 40.0 Å². The first kappa shape index (κ1) is 26.9. The van der Waals surface area contributed by atoms with Crippen molar-refractivity contribution in [2.24, 2.45) is 0 Å². The summed E-state index contributed by atoms with van der Waals surface area (Å²) in [5.74, 6) is 1.11. The van der Waals surface area contributed by atoms with Gasteiger partial charge in [-0.05, 0) is 44.5 Å². The van der Waals surface area contributed by atoms with Crippen LogP contribution in [0.3, 0.4) is 0 Å². The molecule has 4 aromatic rings. The molecule has 0 aliphatic heterocycles. The topological polar surface area (TPSA) is 143 Å². The third kappa shape index (κ3) is 5.29. The van der Waals surface area contributed by atoms with Crippen LogP contribution in [0.25, 0.3) is 17.1 Å². The van der Waals surface area contributed by atoms with Crippen molar-refractivity contribution in [1.29, 1.82) is 0 Å². The number of nitrogens with zero attached hydrogens (tertiary/aromatic N) is 6. The summed E-state index contributed by atoms with van der Waals surface area (Å²) < 4.78 is 48.1. The Balaban J connectivity index is 1.84. The minimum atomic E-state index is -4.09. The number of hydrogen-bond acceptors (Lipinski definition) is 10. The molecule has 38 heavy (non-hydrogen) atoms. The number of anilines is 1. The van der Waals surface area contributed by atoms with E-state index in [4.69, 9.17) is 14.2 Å². The van der Waals surface area contributed by atoms with Crippen LogP contribution in [-0.2, 0) is 14.8 Å². The van der Waals surface area contributed by atoms with E-state index in [-0.39, 0.29) is 5.95 Å². The molecule has 0 spiro atoms. The summed E-state index contributed by atoms with van der Waals surface area (Å²) in [6.45, 7) is 5.21. The molecule has 0 amide bonds. The lowest BCUT2D eigenvalue weighted by Crippen LogP contribution is -2.33. The Morgan fingerprint density at radius 3 is 2.24 bits per heavy atom. The van der Waals surface area contributed by atoms with Gasteiger partial charge in [0.25, 0.3) is 0 Å². The molecule has 0 saturated carbocycles.